The molecule has 0 heterocycles. The van der Waals surface area contributed by atoms with Gasteiger partial charge >= 0.3 is 0 Å². The first kappa shape index (κ1) is 19.9. The van der Waals surface area contributed by atoms with Crippen LogP contribution < -0.4 is 9.04 Å². The smallest absolute Gasteiger partial charge is 0.266 e. The minimum atomic E-state index is -3.98. The second kappa shape index (κ2) is 7.87. The van der Waals surface area contributed by atoms with Gasteiger partial charge in [-0.3, -0.25) is 4.31 Å². The van der Waals surface area contributed by atoms with Crippen LogP contribution in [0, 0.1) is 6.92 Å². The third kappa shape index (κ3) is 3.90. The second-order valence-corrected chi connectivity index (χ2v) is 8.17. The Labute approximate surface area is 162 Å². The Bertz CT molecular complexity index is 914. The summed E-state index contributed by atoms with van der Waals surface area (Å²) in [5.41, 5.74) is 1.18. The molecule has 0 N–H and O–H groups in total. The van der Waals surface area contributed by atoms with Gasteiger partial charge in [0.1, 0.15) is 15.7 Å². The molecule has 0 saturated carbocycles. The first-order chi connectivity index (χ1) is 11.7. The van der Waals surface area contributed by atoms with Crippen LogP contribution in [-0.4, -0.2) is 22.1 Å². The van der Waals surface area contributed by atoms with Crippen LogP contribution in [0.15, 0.2) is 47.9 Å². The zero-order valence-electron chi connectivity index (χ0n) is 13.6. The van der Waals surface area contributed by atoms with Crippen molar-refractivity contribution >= 4 is 50.5 Å². The van der Waals surface area contributed by atoms with Crippen molar-refractivity contribution in [3.05, 3.63) is 63.6 Å². The molecule has 4 nitrogen and oxygen atoms in total. The monoisotopic (exact) mass is 419 g/mol. The standard InChI is InChI=1S/C17H16Cl3NO3S/c1-4-9-21(13-6-5-12(18)10-11(13)2)25(22,23)15-8-7-14(24-3)16(19)17(15)20/h4-8,10H,1,9H2,2-3H3. The molecule has 0 radical (unpaired) electrons. The number of benzene rings is 2. The van der Waals surface area contributed by atoms with Gasteiger partial charge in [0.25, 0.3) is 10.0 Å². The SMILES string of the molecule is C=CCN(c1ccc(Cl)cc1C)S(=O)(=O)c1ccc(OC)c(Cl)c1Cl. The number of aryl methyl sites for hydroxylation is 1. The summed E-state index contributed by atoms with van der Waals surface area (Å²) in [7, 11) is -2.56. The number of hydrogen-bond acceptors (Lipinski definition) is 3. The lowest BCUT2D eigenvalue weighted by Gasteiger charge is -2.25. The summed E-state index contributed by atoms with van der Waals surface area (Å²) < 4.78 is 32.7. The molecule has 0 unspecified atom stereocenters. The van der Waals surface area contributed by atoms with Crippen molar-refractivity contribution in [2.24, 2.45) is 0 Å². The minimum absolute atomic E-state index is 0.0385. The molecule has 0 amide bonds. The van der Waals surface area contributed by atoms with E-state index in [1.54, 1.807) is 25.1 Å². The van der Waals surface area contributed by atoms with Crippen molar-refractivity contribution in [3.63, 3.8) is 0 Å². The van der Waals surface area contributed by atoms with Gasteiger partial charge in [-0.05, 0) is 42.8 Å². The summed E-state index contributed by atoms with van der Waals surface area (Å²) in [6.45, 7) is 5.47. The Morgan fingerprint density at radius 3 is 2.40 bits per heavy atom. The lowest BCUT2D eigenvalue weighted by molar-refractivity contribution is 0.414. The Morgan fingerprint density at radius 2 is 1.84 bits per heavy atom. The average molecular weight is 421 g/mol. The number of halogens is 3. The summed E-state index contributed by atoms with van der Waals surface area (Å²) in [6, 6.07) is 7.77. The van der Waals surface area contributed by atoms with E-state index in [0.717, 1.165) is 0 Å². The van der Waals surface area contributed by atoms with E-state index in [9.17, 15) is 8.42 Å². The fourth-order valence-electron chi connectivity index (χ4n) is 2.33. The minimum Gasteiger partial charge on any atom is -0.495 e. The highest BCUT2D eigenvalue weighted by atomic mass is 35.5. The Morgan fingerprint density at radius 1 is 1.16 bits per heavy atom. The van der Waals surface area contributed by atoms with Crippen LogP contribution in [-0.2, 0) is 10.0 Å². The molecule has 0 bridgehead atoms. The third-order valence-corrected chi connectivity index (χ3v) is 6.56. The average Bonchev–Trinajstić information content (AvgIpc) is 2.55. The van der Waals surface area contributed by atoms with E-state index >= 15 is 0 Å². The Hall–Kier alpha value is -1.40. The zero-order chi connectivity index (χ0) is 18.8. The fourth-order valence-corrected chi connectivity index (χ4v) is 4.88. The normalized spacial score (nSPS) is 11.2. The summed E-state index contributed by atoms with van der Waals surface area (Å²) >= 11 is 18.3. The number of methoxy groups -OCH3 is 1. The van der Waals surface area contributed by atoms with Crippen LogP contribution in [0.4, 0.5) is 5.69 Å². The van der Waals surface area contributed by atoms with Gasteiger partial charge in [-0.2, -0.15) is 0 Å². The number of nitrogens with zero attached hydrogens (tertiary/aromatic N) is 1. The van der Waals surface area contributed by atoms with Gasteiger partial charge < -0.3 is 4.74 Å². The number of sulfonamides is 1. The molecule has 8 heteroatoms. The highest BCUT2D eigenvalue weighted by Gasteiger charge is 2.29. The quantitative estimate of drug-likeness (QED) is 0.592. The van der Waals surface area contributed by atoms with Crippen LogP contribution in [0.3, 0.4) is 0 Å². The van der Waals surface area contributed by atoms with E-state index in [1.807, 2.05) is 0 Å². The van der Waals surface area contributed by atoms with Crippen molar-refractivity contribution in [2.75, 3.05) is 18.0 Å². The molecule has 2 aromatic rings. The van der Waals surface area contributed by atoms with Gasteiger partial charge in [0.05, 0.1) is 24.4 Å². The maximum Gasteiger partial charge on any atom is 0.266 e. The van der Waals surface area contributed by atoms with Crippen molar-refractivity contribution in [2.45, 2.75) is 11.8 Å². The molecule has 0 saturated heterocycles. The van der Waals surface area contributed by atoms with Gasteiger partial charge in [-0.15, -0.1) is 6.58 Å². The highest BCUT2D eigenvalue weighted by molar-refractivity contribution is 7.93. The largest absolute Gasteiger partial charge is 0.495 e. The van der Waals surface area contributed by atoms with E-state index in [4.69, 9.17) is 39.5 Å². The van der Waals surface area contributed by atoms with E-state index < -0.39 is 10.0 Å². The Kier molecular flexibility index (Phi) is 6.27. The molecule has 0 spiro atoms. The molecule has 0 atom stereocenters. The van der Waals surface area contributed by atoms with Gasteiger partial charge in [-0.1, -0.05) is 40.9 Å². The molecule has 2 rings (SSSR count). The molecule has 0 aliphatic heterocycles. The van der Waals surface area contributed by atoms with Crippen LogP contribution in [0.25, 0.3) is 0 Å². The van der Waals surface area contributed by atoms with E-state index in [0.29, 0.717) is 22.0 Å². The molecule has 0 aliphatic rings. The third-order valence-electron chi connectivity index (χ3n) is 3.52. The fraction of sp³-hybridized carbons (Fsp3) is 0.176. The second-order valence-electron chi connectivity index (χ2n) is 5.15. The van der Waals surface area contributed by atoms with E-state index in [2.05, 4.69) is 6.58 Å². The first-order valence-corrected chi connectivity index (χ1v) is 9.73. The molecule has 0 fully saturated rings. The van der Waals surface area contributed by atoms with Crippen molar-refractivity contribution in [1.29, 1.82) is 0 Å². The lowest BCUT2D eigenvalue weighted by Crippen LogP contribution is -2.32. The predicted molar refractivity (Wildman–Crippen MR) is 104 cm³/mol. The van der Waals surface area contributed by atoms with Crippen molar-refractivity contribution in [3.8, 4) is 5.75 Å². The summed E-state index contributed by atoms with van der Waals surface area (Å²) in [4.78, 5) is -0.115. The number of rotatable bonds is 6. The van der Waals surface area contributed by atoms with Crippen molar-refractivity contribution < 1.29 is 13.2 Å². The topological polar surface area (TPSA) is 46.6 Å². The number of ether oxygens (including phenoxy) is 1. The molecule has 0 aromatic heterocycles. The van der Waals surface area contributed by atoms with Crippen LogP contribution in [0.1, 0.15) is 5.56 Å². The van der Waals surface area contributed by atoms with Gasteiger partial charge in [0.15, 0.2) is 0 Å². The summed E-state index contributed by atoms with van der Waals surface area (Å²) in [6.07, 6.45) is 1.49. The maximum absolute atomic E-state index is 13.2. The molecule has 25 heavy (non-hydrogen) atoms. The van der Waals surface area contributed by atoms with Gasteiger partial charge in [0, 0.05) is 5.02 Å². The summed E-state index contributed by atoms with van der Waals surface area (Å²) in [5.74, 6) is 0.295. The molecule has 134 valence electrons. The first-order valence-electron chi connectivity index (χ1n) is 7.15. The lowest BCUT2D eigenvalue weighted by atomic mass is 10.2. The van der Waals surface area contributed by atoms with E-state index in [1.165, 1.54) is 29.6 Å². The maximum atomic E-state index is 13.2. The molecular weight excluding hydrogens is 405 g/mol. The van der Waals surface area contributed by atoms with Crippen LogP contribution >= 0.6 is 34.8 Å². The zero-order valence-corrected chi connectivity index (χ0v) is 16.7. The van der Waals surface area contributed by atoms with Gasteiger partial charge in [0.2, 0.25) is 0 Å². The highest BCUT2D eigenvalue weighted by Crippen LogP contribution is 2.39. The molecular formula is C17H16Cl3NO3S. The predicted octanol–water partition coefficient (Wildman–Crippen LogP) is 5.35. The number of anilines is 1. The molecule has 2 aromatic carbocycles. The van der Waals surface area contributed by atoms with Crippen LogP contribution in [0.5, 0.6) is 5.75 Å². The Balaban J connectivity index is 2.65. The van der Waals surface area contributed by atoms with E-state index in [-0.39, 0.29) is 21.5 Å². The van der Waals surface area contributed by atoms with Gasteiger partial charge in [-0.25, -0.2) is 8.42 Å². The number of hydrogen-bond donors (Lipinski definition) is 0. The summed E-state index contributed by atoms with van der Waals surface area (Å²) in [5, 5.41) is 0.459. The van der Waals surface area contributed by atoms with Crippen molar-refractivity contribution in [1.82, 2.24) is 0 Å². The van der Waals surface area contributed by atoms with Crippen LogP contribution in [0.2, 0.25) is 15.1 Å². The molecule has 0 aliphatic carbocycles.